The Morgan fingerprint density at radius 3 is 2.78 bits per heavy atom. The molecule has 4 heterocycles. The Morgan fingerprint density at radius 1 is 1.06 bits per heavy atom. The SMILES string of the molecule is C[C@@H]1CN(c2ccc(C#N)c3ncccc23)C[C@@H]2c3ccc(N4CCNCC4)cc3CN12. The van der Waals surface area contributed by atoms with Gasteiger partial charge in [-0.05, 0) is 54.4 Å². The number of pyridine rings is 1. The molecule has 1 aromatic heterocycles. The molecule has 0 aliphatic carbocycles. The van der Waals surface area contributed by atoms with Gasteiger partial charge in [-0.15, -0.1) is 0 Å². The number of nitrogens with one attached hydrogen (secondary N) is 1. The van der Waals surface area contributed by atoms with Crippen molar-refractivity contribution in [3.63, 3.8) is 0 Å². The van der Waals surface area contributed by atoms with Crippen molar-refractivity contribution in [1.29, 1.82) is 5.26 Å². The molecule has 0 bridgehead atoms. The molecule has 0 amide bonds. The fraction of sp³-hybridized carbons (Fsp3) is 0.385. The van der Waals surface area contributed by atoms with Crippen LogP contribution in [0.1, 0.15) is 29.7 Å². The molecule has 0 radical (unpaired) electrons. The normalized spacial score (nSPS) is 23.1. The molecule has 3 aliphatic heterocycles. The number of nitrogens with zero attached hydrogens (tertiary/aromatic N) is 5. The van der Waals surface area contributed by atoms with Crippen LogP contribution in [0.5, 0.6) is 0 Å². The Labute approximate surface area is 189 Å². The van der Waals surface area contributed by atoms with Gasteiger partial charge in [0.2, 0.25) is 0 Å². The summed E-state index contributed by atoms with van der Waals surface area (Å²) in [7, 11) is 0. The van der Waals surface area contributed by atoms with Gasteiger partial charge in [-0.25, -0.2) is 0 Å². The maximum atomic E-state index is 9.51. The van der Waals surface area contributed by atoms with Crippen molar-refractivity contribution in [2.75, 3.05) is 49.1 Å². The van der Waals surface area contributed by atoms with Gasteiger partial charge in [0, 0.05) is 74.8 Å². The Kier molecular flexibility index (Phi) is 4.74. The molecular formula is C26H28N6. The average Bonchev–Trinajstić information content (AvgIpc) is 3.22. The van der Waals surface area contributed by atoms with E-state index in [2.05, 4.69) is 68.3 Å². The number of fused-ring (bicyclic) bond motifs is 4. The summed E-state index contributed by atoms with van der Waals surface area (Å²) < 4.78 is 0. The number of nitriles is 1. The molecule has 6 nitrogen and oxygen atoms in total. The zero-order valence-corrected chi connectivity index (χ0v) is 18.5. The van der Waals surface area contributed by atoms with E-state index in [1.165, 1.54) is 22.5 Å². The molecule has 1 N–H and O–H groups in total. The van der Waals surface area contributed by atoms with Gasteiger partial charge < -0.3 is 15.1 Å². The lowest BCUT2D eigenvalue weighted by atomic mass is 9.99. The first-order valence-corrected chi connectivity index (χ1v) is 11.6. The number of hydrogen-bond acceptors (Lipinski definition) is 6. The van der Waals surface area contributed by atoms with Crippen LogP contribution in [0.15, 0.2) is 48.7 Å². The van der Waals surface area contributed by atoms with Crippen molar-refractivity contribution < 1.29 is 0 Å². The Balaban J connectivity index is 1.33. The van der Waals surface area contributed by atoms with Crippen molar-refractivity contribution in [1.82, 2.24) is 15.2 Å². The topological polar surface area (TPSA) is 58.4 Å². The highest BCUT2D eigenvalue weighted by Crippen LogP contribution is 2.42. The number of anilines is 2. The van der Waals surface area contributed by atoms with Crippen LogP contribution < -0.4 is 15.1 Å². The number of hydrogen-bond donors (Lipinski definition) is 1. The van der Waals surface area contributed by atoms with Crippen LogP contribution in [0.2, 0.25) is 0 Å². The van der Waals surface area contributed by atoms with Gasteiger partial charge >= 0.3 is 0 Å². The molecule has 3 aromatic rings. The Hall–Kier alpha value is -3.14. The first-order valence-electron chi connectivity index (χ1n) is 11.6. The lowest BCUT2D eigenvalue weighted by molar-refractivity contribution is 0.134. The van der Waals surface area contributed by atoms with Gasteiger partial charge in [-0.2, -0.15) is 5.26 Å². The molecule has 6 rings (SSSR count). The zero-order chi connectivity index (χ0) is 21.7. The molecule has 32 heavy (non-hydrogen) atoms. The van der Waals surface area contributed by atoms with Crippen molar-refractivity contribution in [2.24, 2.45) is 0 Å². The molecule has 2 aromatic carbocycles. The number of aromatic nitrogens is 1. The summed E-state index contributed by atoms with van der Waals surface area (Å²) in [4.78, 5) is 12.2. The molecule has 0 saturated carbocycles. The molecule has 2 saturated heterocycles. The lowest BCUT2D eigenvalue weighted by Gasteiger charge is -2.44. The van der Waals surface area contributed by atoms with E-state index in [-0.39, 0.29) is 0 Å². The van der Waals surface area contributed by atoms with E-state index < -0.39 is 0 Å². The van der Waals surface area contributed by atoms with Crippen LogP contribution in [0.25, 0.3) is 10.9 Å². The van der Waals surface area contributed by atoms with Gasteiger partial charge in [-0.1, -0.05) is 6.07 Å². The van der Waals surface area contributed by atoms with E-state index in [1.807, 2.05) is 12.1 Å². The maximum absolute atomic E-state index is 9.51. The minimum atomic E-state index is 0.396. The van der Waals surface area contributed by atoms with Gasteiger partial charge in [0.25, 0.3) is 0 Å². The first-order chi connectivity index (χ1) is 15.7. The van der Waals surface area contributed by atoms with E-state index in [9.17, 15) is 5.26 Å². The van der Waals surface area contributed by atoms with Crippen molar-refractivity contribution >= 4 is 22.3 Å². The molecule has 3 aliphatic rings. The molecule has 2 atom stereocenters. The van der Waals surface area contributed by atoms with Crippen LogP contribution in [0, 0.1) is 11.3 Å². The summed E-state index contributed by atoms with van der Waals surface area (Å²) >= 11 is 0. The summed E-state index contributed by atoms with van der Waals surface area (Å²) in [5.41, 5.74) is 6.93. The van der Waals surface area contributed by atoms with E-state index in [0.29, 0.717) is 17.6 Å². The second-order valence-corrected chi connectivity index (χ2v) is 9.21. The number of benzene rings is 2. The van der Waals surface area contributed by atoms with Gasteiger partial charge in [0.1, 0.15) is 6.07 Å². The zero-order valence-electron chi connectivity index (χ0n) is 18.5. The van der Waals surface area contributed by atoms with Crippen LogP contribution in [-0.2, 0) is 6.54 Å². The standard InChI is InChI=1S/C26H28N6/c1-18-15-31(24-7-4-19(14-27)26-23(24)3-2-8-29-26)17-25-22-6-5-21(13-20(22)16-32(18)25)30-11-9-28-10-12-30/h2-8,13,18,25,28H,9-12,15-17H2,1H3/t18-,25-/m1/s1. The summed E-state index contributed by atoms with van der Waals surface area (Å²) in [5, 5.41) is 14.0. The second kappa shape index (κ2) is 7.77. The summed E-state index contributed by atoms with van der Waals surface area (Å²) in [6.07, 6.45) is 1.77. The molecule has 162 valence electrons. The summed E-state index contributed by atoms with van der Waals surface area (Å²) in [6.45, 7) is 9.59. The average molecular weight is 425 g/mol. The molecule has 6 heteroatoms. The Bertz CT molecular complexity index is 1210. The maximum Gasteiger partial charge on any atom is 0.101 e. The van der Waals surface area contributed by atoms with Crippen molar-refractivity contribution in [3.05, 3.63) is 65.4 Å². The smallest absolute Gasteiger partial charge is 0.101 e. The largest absolute Gasteiger partial charge is 0.369 e. The monoisotopic (exact) mass is 424 g/mol. The van der Waals surface area contributed by atoms with E-state index in [4.69, 9.17) is 0 Å². The molecule has 0 unspecified atom stereocenters. The van der Waals surface area contributed by atoms with Crippen LogP contribution in [0.4, 0.5) is 11.4 Å². The third kappa shape index (κ3) is 3.12. The van der Waals surface area contributed by atoms with E-state index in [0.717, 1.165) is 56.7 Å². The second-order valence-electron chi connectivity index (χ2n) is 9.21. The van der Waals surface area contributed by atoms with Gasteiger partial charge in [-0.3, -0.25) is 9.88 Å². The fourth-order valence-corrected chi connectivity index (χ4v) is 5.75. The summed E-state index contributed by atoms with van der Waals surface area (Å²) in [5.74, 6) is 0. The predicted octanol–water partition coefficient (Wildman–Crippen LogP) is 3.28. The summed E-state index contributed by atoms with van der Waals surface area (Å²) in [6, 6.07) is 18.3. The Morgan fingerprint density at radius 2 is 1.94 bits per heavy atom. The predicted molar refractivity (Wildman–Crippen MR) is 128 cm³/mol. The third-order valence-corrected chi connectivity index (χ3v) is 7.37. The van der Waals surface area contributed by atoms with E-state index in [1.54, 1.807) is 6.20 Å². The highest BCUT2D eigenvalue weighted by molar-refractivity contribution is 5.95. The lowest BCUT2D eigenvalue weighted by Crippen LogP contribution is -2.51. The van der Waals surface area contributed by atoms with Crippen molar-refractivity contribution in [2.45, 2.75) is 25.6 Å². The van der Waals surface area contributed by atoms with Gasteiger partial charge in [0.15, 0.2) is 0 Å². The fourth-order valence-electron chi connectivity index (χ4n) is 5.75. The quantitative estimate of drug-likeness (QED) is 0.681. The van der Waals surface area contributed by atoms with Crippen LogP contribution in [0.3, 0.4) is 0 Å². The van der Waals surface area contributed by atoms with Gasteiger partial charge in [0.05, 0.1) is 17.1 Å². The van der Waals surface area contributed by atoms with E-state index >= 15 is 0 Å². The molecule has 2 fully saturated rings. The molecular weight excluding hydrogens is 396 g/mol. The van der Waals surface area contributed by atoms with Crippen molar-refractivity contribution in [3.8, 4) is 6.07 Å². The highest BCUT2D eigenvalue weighted by Gasteiger charge is 2.39. The van der Waals surface area contributed by atoms with Crippen LogP contribution in [-0.4, -0.2) is 55.2 Å². The highest BCUT2D eigenvalue weighted by atomic mass is 15.3. The number of piperazine rings is 2. The minimum Gasteiger partial charge on any atom is -0.369 e. The first kappa shape index (κ1) is 19.5. The minimum absolute atomic E-state index is 0.396. The number of rotatable bonds is 2. The molecule has 0 spiro atoms. The third-order valence-electron chi connectivity index (χ3n) is 7.37. The van der Waals surface area contributed by atoms with Crippen LogP contribution >= 0.6 is 0 Å².